The van der Waals surface area contributed by atoms with Crippen LogP contribution >= 0.6 is 12.4 Å². The third-order valence-corrected chi connectivity index (χ3v) is 7.92. The Bertz CT molecular complexity index is 878. The molecule has 1 fully saturated rings. The largest absolute Gasteiger partial charge is 0.416 e. The van der Waals surface area contributed by atoms with Crippen LogP contribution < -0.4 is 0 Å². The lowest BCUT2D eigenvalue weighted by Crippen LogP contribution is -2.52. The normalized spacial score (nSPS) is 18.0. The van der Waals surface area contributed by atoms with Crippen LogP contribution in [0.3, 0.4) is 0 Å². The predicted molar refractivity (Wildman–Crippen MR) is 130 cm³/mol. The van der Waals surface area contributed by atoms with Crippen LogP contribution in [-0.4, -0.2) is 80.5 Å². The Balaban J connectivity index is 0.00000578. The second-order valence-electron chi connectivity index (χ2n) is 8.98. The van der Waals surface area contributed by atoms with Crippen molar-refractivity contribution in [1.82, 2.24) is 14.1 Å². The van der Waals surface area contributed by atoms with E-state index >= 15 is 0 Å². The summed E-state index contributed by atoms with van der Waals surface area (Å²) in [5, 5.41) is 0. The van der Waals surface area contributed by atoms with Gasteiger partial charge in [0.25, 0.3) is 0 Å². The van der Waals surface area contributed by atoms with E-state index in [4.69, 9.17) is 0 Å². The molecule has 0 spiro atoms. The van der Waals surface area contributed by atoms with Crippen molar-refractivity contribution in [3.05, 3.63) is 35.4 Å². The van der Waals surface area contributed by atoms with E-state index in [0.29, 0.717) is 31.0 Å². The van der Waals surface area contributed by atoms with Gasteiger partial charge < -0.3 is 9.69 Å². The Kier molecular flexibility index (Phi) is 12.0. The van der Waals surface area contributed by atoms with Crippen LogP contribution in [0, 0.1) is 5.92 Å². The van der Waals surface area contributed by atoms with Crippen molar-refractivity contribution in [3.63, 3.8) is 0 Å². The predicted octanol–water partition coefficient (Wildman–Crippen LogP) is 3.90. The van der Waals surface area contributed by atoms with Crippen LogP contribution in [0.15, 0.2) is 24.3 Å². The lowest BCUT2D eigenvalue weighted by atomic mass is 9.94. The number of aldehydes is 1. The van der Waals surface area contributed by atoms with Crippen molar-refractivity contribution in [3.8, 4) is 0 Å². The highest BCUT2D eigenvalue weighted by molar-refractivity contribution is 7.88. The summed E-state index contributed by atoms with van der Waals surface area (Å²) in [6.45, 7) is 7.12. The zero-order valence-electron chi connectivity index (χ0n) is 20.3. The van der Waals surface area contributed by atoms with Gasteiger partial charge in [0, 0.05) is 26.1 Å². The molecule has 0 amide bonds. The summed E-state index contributed by atoms with van der Waals surface area (Å²) in [7, 11) is -1.91. The number of alkyl halides is 3. The average Bonchev–Trinajstić information content (AvgIpc) is 2.74. The second kappa shape index (κ2) is 13.2. The fourth-order valence-electron chi connectivity index (χ4n) is 4.57. The first kappa shape index (κ1) is 30.8. The molecule has 1 aliphatic heterocycles. The van der Waals surface area contributed by atoms with E-state index in [-0.39, 0.29) is 24.9 Å². The highest BCUT2D eigenvalue weighted by Crippen LogP contribution is 2.30. The third-order valence-electron chi connectivity index (χ3n) is 6.63. The van der Waals surface area contributed by atoms with Gasteiger partial charge in [-0.3, -0.25) is 4.90 Å². The molecule has 1 aliphatic rings. The summed E-state index contributed by atoms with van der Waals surface area (Å²) >= 11 is 0. The van der Waals surface area contributed by atoms with Crippen LogP contribution in [0.2, 0.25) is 0 Å². The minimum absolute atomic E-state index is 0. The molecule has 6 nitrogen and oxygen atoms in total. The standard InChI is InChI=1S/C23H36F3N3O3S.ClH/c1-5-28(18(2)15-20-7-6-8-21(16-20)23(24,25)26)17-19-9-12-29(13-10-19)22(11-14-30)27(3)33(4,31)32;/h6-8,14,16,18-19,22H,5,9-13,15,17H2,1-4H3;1H. The average molecular weight is 528 g/mol. The number of carbonyl (C=O) groups is 1. The summed E-state index contributed by atoms with van der Waals surface area (Å²) < 4.78 is 64.2. The molecular weight excluding hydrogens is 491 g/mol. The molecule has 2 rings (SSSR count). The SMILES string of the molecule is CCN(CC1CCN(C(CC=O)N(C)S(C)(=O)=O)CC1)C(C)Cc1cccc(C(F)(F)F)c1.Cl. The number of nitrogens with zero attached hydrogens (tertiary/aromatic N) is 3. The van der Waals surface area contributed by atoms with E-state index in [1.165, 1.54) is 23.5 Å². The molecule has 0 aliphatic carbocycles. The van der Waals surface area contributed by atoms with E-state index in [9.17, 15) is 26.4 Å². The first-order chi connectivity index (χ1) is 15.4. The maximum Gasteiger partial charge on any atom is 0.416 e. The van der Waals surface area contributed by atoms with Gasteiger partial charge in [0.1, 0.15) is 6.29 Å². The number of likely N-dealkylation sites (tertiary alicyclic amines) is 1. The van der Waals surface area contributed by atoms with Crippen LogP contribution in [0.25, 0.3) is 0 Å². The molecule has 34 heavy (non-hydrogen) atoms. The zero-order chi connectivity index (χ0) is 24.8. The number of halogens is 4. The Morgan fingerprint density at radius 2 is 1.85 bits per heavy atom. The lowest BCUT2D eigenvalue weighted by molar-refractivity contribution is -0.137. The van der Waals surface area contributed by atoms with Crippen molar-refractivity contribution in [1.29, 1.82) is 0 Å². The Hall–Kier alpha value is -1.20. The molecule has 2 unspecified atom stereocenters. The van der Waals surface area contributed by atoms with Gasteiger partial charge in [-0.25, -0.2) is 8.42 Å². The smallest absolute Gasteiger partial charge is 0.303 e. The molecule has 0 aromatic heterocycles. The highest BCUT2D eigenvalue weighted by atomic mass is 35.5. The number of sulfonamides is 1. The van der Waals surface area contributed by atoms with Crippen molar-refractivity contribution in [2.75, 3.05) is 39.5 Å². The summed E-state index contributed by atoms with van der Waals surface area (Å²) in [4.78, 5) is 15.5. The van der Waals surface area contributed by atoms with Crippen molar-refractivity contribution in [2.24, 2.45) is 5.92 Å². The van der Waals surface area contributed by atoms with E-state index in [1.54, 1.807) is 6.07 Å². The summed E-state index contributed by atoms with van der Waals surface area (Å²) in [6.07, 6.45) is -0.500. The second-order valence-corrected chi connectivity index (χ2v) is 11.0. The van der Waals surface area contributed by atoms with E-state index in [2.05, 4.69) is 11.8 Å². The van der Waals surface area contributed by atoms with Crippen LogP contribution in [0.1, 0.15) is 44.2 Å². The van der Waals surface area contributed by atoms with Gasteiger partial charge >= 0.3 is 6.18 Å². The molecule has 0 N–H and O–H groups in total. The molecule has 2 atom stereocenters. The molecular formula is C23H37ClF3N3O3S. The minimum Gasteiger partial charge on any atom is -0.303 e. The number of benzene rings is 1. The number of rotatable bonds is 11. The first-order valence-corrected chi connectivity index (χ1v) is 13.2. The number of piperidine rings is 1. The van der Waals surface area contributed by atoms with Gasteiger partial charge in [0.05, 0.1) is 18.0 Å². The number of likely N-dealkylation sites (N-methyl/N-ethyl adjacent to an activating group) is 1. The van der Waals surface area contributed by atoms with Gasteiger partial charge in [0.15, 0.2) is 0 Å². The molecule has 196 valence electrons. The van der Waals surface area contributed by atoms with E-state index in [0.717, 1.165) is 44.5 Å². The topological polar surface area (TPSA) is 60.9 Å². The van der Waals surface area contributed by atoms with Gasteiger partial charge in [-0.15, -0.1) is 12.4 Å². The summed E-state index contributed by atoms with van der Waals surface area (Å²) in [5.74, 6) is 0.408. The molecule has 1 heterocycles. The summed E-state index contributed by atoms with van der Waals surface area (Å²) in [5.41, 5.74) is 0.0534. The van der Waals surface area contributed by atoms with Gasteiger partial charge in [-0.2, -0.15) is 17.5 Å². The van der Waals surface area contributed by atoms with Crippen molar-refractivity contribution >= 4 is 28.7 Å². The quantitative estimate of drug-likeness (QED) is 0.408. The van der Waals surface area contributed by atoms with Gasteiger partial charge in [-0.1, -0.05) is 25.1 Å². The van der Waals surface area contributed by atoms with Crippen molar-refractivity contribution < 1.29 is 26.4 Å². The third kappa shape index (κ3) is 8.78. The lowest BCUT2D eigenvalue weighted by Gasteiger charge is -2.41. The summed E-state index contributed by atoms with van der Waals surface area (Å²) in [6, 6.07) is 5.62. The molecule has 1 aromatic rings. The number of carbonyl (C=O) groups excluding carboxylic acids is 1. The molecule has 1 saturated heterocycles. The fraction of sp³-hybridized carbons (Fsp3) is 0.696. The van der Waals surface area contributed by atoms with Crippen LogP contribution in [0.5, 0.6) is 0 Å². The fourth-order valence-corrected chi connectivity index (χ4v) is 5.23. The Labute approximate surface area is 207 Å². The maximum absolute atomic E-state index is 13.0. The molecule has 11 heteroatoms. The number of hydrogen-bond acceptors (Lipinski definition) is 5. The molecule has 0 saturated carbocycles. The van der Waals surface area contributed by atoms with Crippen LogP contribution in [0.4, 0.5) is 13.2 Å². The van der Waals surface area contributed by atoms with Crippen molar-refractivity contribution in [2.45, 2.75) is 57.9 Å². The zero-order valence-corrected chi connectivity index (χ0v) is 21.9. The number of hydrogen-bond donors (Lipinski definition) is 0. The van der Waals surface area contributed by atoms with E-state index < -0.39 is 27.9 Å². The minimum atomic E-state index is -4.34. The van der Waals surface area contributed by atoms with Gasteiger partial charge in [0.2, 0.25) is 10.0 Å². The van der Waals surface area contributed by atoms with E-state index in [1.807, 2.05) is 11.8 Å². The molecule has 0 radical (unpaired) electrons. The first-order valence-electron chi connectivity index (χ1n) is 11.4. The Morgan fingerprint density at radius 3 is 2.35 bits per heavy atom. The molecule has 1 aromatic carbocycles. The molecule has 0 bridgehead atoms. The highest BCUT2D eigenvalue weighted by Gasteiger charge is 2.32. The maximum atomic E-state index is 13.0. The van der Waals surface area contributed by atoms with Gasteiger partial charge in [-0.05, 0) is 63.4 Å². The monoisotopic (exact) mass is 527 g/mol. The van der Waals surface area contributed by atoms with Crippen LogP contribution in [-0.2, 0) is 27.4 Å². The Morgan fingerprint density at radius 1 is 1.24 bits per heavy atom.